The summed E-state index contributed by atoms with van der Waals surface area (Å²) in [6.45, 7) is 8.56. The Morgan fingerprint density at radius 3 is 2.77 bits per heavy atom. The van der Waals surface area contributed by atoms with E-state index < -0.39 is 0 Å². The summed E-state index contributed by atoms with van der Waals surface area (Å²) >= 11 is 1.51. The molecule has 6 rings (SSSR count). The summed E-state index contributed by atoms with van der Waals surface area (Å²) in [5.41, 5.74) is 18.5. The van der Waals surface area contributed by atoms with Crippen molar-refractivity contribution in [3.8, 4) is 17.0 Å². The average molecular weight is 485 g/mol. The normalized spacial score (nSPS) is 16.8. The zero-order chi connectivity index (χ0) is 24.3. The minimum atomic E-state index is 0.0359. The minimum Gasteiger partial charge on any atom is -0.491 e. The van der Waals surface area contributed by atoms with Gasteiger partial charge in [0.2, 0.25) is 5.95 Å². The standard InChI is InChI=1S/C27H28N6OS/c1-15-12-27(2,3)13-19-23(15)31-26(29)32-24(19)33-8-9-34-21-7-5-16(10-18(21)14-33)20-6-4-17-11-22(28)35-25(17)30-20/h4-7,10-12H,8-9,13-14,28H2,1-3H3,(H2,29,31,32). The maximum absolute atomic E-state index is 6.18. The Balaban J connectivity index is 1.39. The average Bonchev–Trinajstić information content (AvgIpc) is 3.04. The number of anilines is 3. The molecule has 0 radical (unpaired) electrons. The van der Waals surface area contributed by atoms with Crippen molar-refractivity contribution in [2.45, 2.75) is 33.7 Å². The Morgan fingerprint density at radius 1 is 1.06 bits per heavy atom. The van der Waals surface area contributed by atoms with Crippen LogP contribution >= 0.6 is 11.3 Å². The molecule has 0 fully saturated rings. The summed E-state index contributed by atoms with van der Waals surface area (Å²) in [7, 11) is 0. The van der Waals surface area contributed by atoms with Crippen LogP contribution in [0.5, 0.6) is 5.75 Å². The summed E-state index contributed by atoms with van der Waals surface area (Å²) in [4.78, 5) is 17.4. The van der Waals surface area contributed by atoms with Gasteiger partial charge in [0.15, 0.2) is 0 Å². The fourth-order valence-electron chi connectivity index (χ4n) is 5.23. The summed E-state index contributed by atoms with van der Waals surface area (Å²) in [6, 6.07) is 12.4. The molecule has 8 heteroatoms. The highest BCUT2D eigenvalue weighted by atomic mass is 32.1. The van der Waals surface area contributed by atoms with Gasteiger partial charge >= 0.3 is 0 Å². The number of nitrogens with zero attached hydrogens (tertiary/aromatic N) is 4. The van der Waals surface area contributed by atoms with Crippen molar-refractivity contribution in [2.75, 3.05) is 29.5 Å². The molecular formula is C27H28N6OS. The first kappa shape index (κ1) is 21.9. The zero-order valence-corrected chi connectivity index (χ0v) is 20.9. The molecule has 2 aliphatic rings. The Morgan fingerprint density at radius 2 is 1.91 bits per heavy atom. The van der Waals surface area contributed by atoms with E-state index >= 15 is 0 Å². The van der Waals surface area contributed by atoms with E-state index in [1.165, 1.54) is 11.3 Å². The van der Waals surface area contributed by atoms with Gasteiger partial charge in [0.05, 0.1) is 22.9 Å². The molecule has 0 atom stereocenters. The van der Waals surface area contributed by atoms with Crippen LogP contribution in [0.4, 0.5) is 16.8 Å². The predicted molar refractivity (Wildman–Crippen MR) is 144 cm³/mol. The molecule has 1 aromatic carbocycles. The molecule has 178 valence electrons. The Bertz CT molecular complexity index is 1510. The molecule has 4 N–H and O–H groups in total. The van der Waals surface area contributed by atoms with E-state index in [-0.39, 0.29) is 5.41 Å². The number of pyridine rings is 1. The van der Waals surface area contributed by atoms with Gasteiger partial charge in [0.25, 0.3) is 0 Å². The SMILES string of the molecule is CC1=CC(C)(C)Cc2c1nc(N)nc2N1CCOc2ccc(-c3ccc4cc(N)sc4n3)cc2C1. The Hall–Kier alpha value is -3.65. The van der Waals surface area contributed by atoms with Crippen molar-refractivity contribution in [1.82, 2.24) is 15.0 Å². The minimum absolute atomic E-state index is 0.0359. The highest BCUT2D eigenvalue weighted by Crippen LogP contribution is 2.40. The molecular weight excluding hydrogens is 456 g/mol. The number of hydrogen-bond acceptors (Lipinski definition) is 8. The molecule has 3 aromatic heterocycles. The van der Waals surface area contributed by atoms with Gasteiger partial charge in [-0.25, -0.2) is 9.97 Å². The number of thiophene rings is 1. The first-order chi connectivity index (χ1) is 16.8. The van der Waals surface area contributed by atoms with Crippen molar-refractivity contribution in [2.24, 2.45) is 5.41 Å². The molecule has 0 bridgehead atoms. The molecule has 0 saturated heterocycles. The molecule has 0 saturated carbocycles. The van der Waals surface area contributed by atoms with Crippen LogP contribution in [0.3, 0.4) is 0 Å². The highest BCUT2D eigenvalue weighted by molar-refractivity contribution is 7.22. The van der Waals surface area contributed by atoms with Gasteiger partial charge in [-0.15, -0.1) is 0 Å². The van der Waals surface area contributed by atoms with Crippen LogP contribution in [-0.4, -0.2) is 28.1 Å². The second-order valence-corrected chi connectivity index (χ2v) is 11.1. The number of aromatic nitrogens is 3. The maximum Gasteiger partial charge on any atom is 0.222 e. The van der Waals surface area contributed by atoms with Crippen molar-refractivity contribution in [3.05, 3.63) is 59.3 Å². The van der Waals surface area contributed by atoms with Crippen molar-refractivity contribution >= 4 is 43.9 Å². The van der Waals surface area contributed by atoms with Gasteiger partial charge in [0.1, 0.15) is 23.0 Å². The van der Waals surface area contributed by atoms with Gasteiger partial charge in [-0.3, -0.25) is 0 Å². The van der Waals surface area contributed by atoms with E-state index in [9.17, 15) is 0 Å². The third-order valence-electron chi connectivity index (χ3n) is 6.65. The van der Waals surface area contributed by atoms with E-state index in [4.69, 9.17) is 26.2 Å². The molecule has 0 amide bonds. The molecule has 4 aromatic rings. The van der Waals surface area contributed by atoms with E-state index in [1.807, 2.05) is 18.2 Å². The monoisotopic (exact) mass is 484 g/mol. The van der Waals surface area contributed by atoms with Crippen LogP contribution in [-0.2, 0) is 13.0 Å². The van der Waals surface area contributed by atoms with E-state index in [1.54, 1.807) is 0 Å². The smallest absolute Gasteiger partial charge is 0.222 e. The molecule has 1 aliphatic carbocycles. The zero-order valence-electron chi connectivity index (χ0n) is 20.1. The predicted octanol–water partition coefficient (Wildman–Crippen LogP) is 5.30. The number of ether oxygens (including phenoxy) is 1. The van der Waals surface area contributed by atoms with Gasteiger partial charge in [0, 0.05) is 28.6 Å². The molecule has 4 heterocycles. The quantitative estimate of drug-likeness (QED) is 0.398. The first-order valence-corrected chi connectivity index (χ1v) is 12.6. The molecule has 7 nitrogen and oxygen atoms in total. The summed E-state index contributed by atoms with van der Waals surface area (Å²) in [5.74, 6) is 2.10. The van der Waals surface area contributed by atoms with Crippen LogP contribution in [0.25, 0.3) is 27.0 Å². The number of rotatable bonds is 2. The van der Waals surface area contributed by atoms with Gasteiger partial charge in [-0.05, 0) is 60.7 Å². The number of allylic oxidation sites excluding steroid dienone is 2. The van der Waals surface area contributed by atoms with Crippen LogP contribution in [0.2, 0.25) is 0 Å². The van der Waals surface area contributed by atoms with Crippen LogP contribution in [0.1, 0.15) is 37.6 Å². The first-order valence-electron chi connectivity index (χ1n) is 11.8. The number of fused-ring (bicyclic) bond motifs is 3. The maximum atomic E-state index is 6.18. The second-order valence-electron chi connectivity index (χ2n) is 10.1. The lowest BCUT2D eigenvalue weighted by Gasteiger charge is -2.32. The van der Waals surface area contributed by atoms with Crippen LogP contribution < -0.4 is 21.1 Å². The van der Waals surface area contributed by atoms with Crippen LogP contribution in [0, 0.1) is 5.41 Å². The van der Waals surface area contributed by atoms with Gasteiger partial charge in [-0.2, -0.15) is 4.98 Å². The van der Waals surface area contributed by atoms with Crippen molar-refractivity contribution in [1.29, 1.82) is 0 Å². The van der Waals surface area contributed by atoms with Crippen molar-refractivity contribution < 1.29 is 4.74 Å². The molecule has 0 spiro atoms. The second kappa shape index (κ2) is 7.95. The summed E-state index contributed by atoms with van der Waals surface area (Å²) in [5, 5.41) is 1.84. The van der Waals surface area contributed by atoms with E-state index in [0.717, 1.165) is 73.4 Å². The Labute approximate surface area is 208 Å². The summed E-state index contributed by atoms with van der Waals surface area (Å²) < 4.78 is 6.14. The number of benzene rings is 1. The fourth-order valence-corrected chi connectivity index (χ4v) is 6.03. The lowest BCUT2D eigenvalue weighted by Crippen LogP contribution is -2.30. The summed E-state index contributed by atoms with van der Waals surface area (Å²) in [6.07, 6.45) is 3.15. The van der Waals surface area contributed by atoms with E-state index in [2.05, 4.69) is 54.9 Å². The molecule has 0 unspecified atom stereocenters. The fraction of sp³-hybridized carbons (Fsp3) is 0.296. The third-order valence-corrected chi connectivity index (χ3v) is 7.53. The highest BCUT2D eigenvalue weighted by Gasteiger charge is 2.30. The Kier molecular flexibility index (Phi) is 4.96. The lowest BCUT2D eigenvalue weighted by atomic mass is 9.78. The number of nitrogens with two attached hydrogens (primary N) is 2. The number of nitrogen functional groups attached to an aromatic ring is 2. The van der Waals surface area contributed by atoms with E-state index in [0.29, 0.717) is 19.1 Å². The van der Waals surface area contributed by atoms with Gasteiger partial charge < -0.3 is 21.1 Å². The largest absolute Gasteiger partial charge is 0.491 e. The van der Waals surface area contributed by atoms with Gasteiger partial charge in [-0.1, -0.05) is 31.3 Å². The molecule has 1 aliphatic heterocycles. The molecule has 35 heavy (non-hydrogen) atoms. The topological polar surface area (TPSA) is 103 Å². The number of hydrogen-bond donors (Lipinski definition) is 2. The van der Waals surface area contributed by atoms with Crippen molar-refractivity contribution in [3.63, 3.8) is 0 Å². The van der Waals surface area contributed by atoms with Crippen LogP contribution in [0.15, 0.2) is 42.5 Å². The third kappa shape index (κ3) is 3.97. The lowest BCUT2D eigenvalue weighted by molar-refractivity contribution is 0.331.